The third kappa shape index (κ3) is 9.74. The van der Waals surface area contributed by atoms with E-state index < -0.39 is 7.60 Å². The number of ether oxygens (including phenoxy) is 1. The van der Waals surface area contributed by atoms with Gasteiger partial charge in [-0.3, -0.25) is 4.57 Å². The van der Waals surface area contributed by atoms with E-state index in [1.54, 1.807) is 7.11 Å². The van der Waals surface area contributed by atoms with Gasteiger partial charge in [-0.1, -0.05) is 0 Å². The summed E-state index contributed by atoms with van der Waals surface area (Å²) in [7, 11) is -1.15. The van der Waals surface area contributed by atoms with Crippen molar-refractivity contribution in [1.82, 2.24) is 5.32 Å². The van der Waals surface area contributed by atoms with E-state index in [-0.39, 0.29) is 0 Å². The summed E-state index contributed by atoms with van der Waals surface area (Å²) in [6.45, 7) is 7.03. The number of hydrogen-bond donors (Lipinski definition) is 1. The smallest absolute Gasteiger partial charge is 0.330 e. The highest BCUT2D eigenvalue weighted by Crippen LogP contribution is 2.48. The molecular formula is C11H26NO4P. The maximum atomic E-state index is 12.1. The number of hydrogen-bond acceptors (Lipinski definition) is 5. The first-order valence-corrected chi connectivity index (χ1v) is 7.99. The third-order valence-electron chi connectivity index (χ3n) is 2.14. The van der Waals surface area contributed by atoms with Crippen LogP contribution >= 0.6 is 7.60 Å². The predicted molar refractivity (Wildman–Crippen MR) is 69.7 cm³/mol. The summed E-state index contributed by atoms with van der Waals surface area (Å²) in [5.41, 5.74) is 0. The molecule has 0 aliphatic carbocycles. The molecule has 0 aromatic heterocycles. The molecule has 0 aromatic carbocycles. The Balaban J connectivity index is 3.58. The van der Waals surface area contributed by atoms with Crippen LogP contribution < -0.4 is 5.32 Å². The van der Waals surface area contributed by atoms with Crippen molar-refractivity contribution in [2.75, 3.05) is 46.2 Å². The molecule has 0 heterocycles. The van der Waals surface area contributed by atoms with Gasteiger partial charge in [-0.2, -0.15) is 0 Å². The minimum atomic E-state index is -2.85. The Kier molecular flexibility index (Phi) is 11.2. The van der Waals surface area contributed by atoms with Gasteiger partial charge in [-0.15, -0.1) is 0 Å². The highest BCUT2D eigenvalue weighted by atomic mass is 31.2. The summed E-state index contributed by atoms with van der Waals surface area (Å²) >= 11 is 0. The zero-order chi connectivity index (χ0) is 13.0. The molecule has 0 amide bonds. The molecule has 6 heteroatoms. The molecule has 0 radical (unpaired) electrons. The lowest BCUT2D eigenvalue weighted by molar-refractivity contribution is 0.194. The molecule has 17 heavy (non-hydrogen) atoms. The Hall–Kier alpha value is 0.0700. The standard InChI is InChI=1S/C11H26NO4P/c1-4-15-17(13,16-5-2)11-7-9-12-8-6-10-14-3/h12H,4-11H2,1-3H3. The van der Waals surface area contributed by atoms with Crippen molar-refractivity contribution in [1.29, 1.82) is 0 Å². The van der Waals surface area contributed by atoms with Crippen molar-refractivity contribution in [3.05, 3.63) is 0 Å². The minimum Gasteiger partial charge on any atom is -0.385 e. The molecule has 5 nitrogen and oxygen atoms in total. The molecule has 0 rings (SSSR count). The molecule has 0 spiro atoms. The quantitative estimate of drug-likeness (QED) is 0.434. The molecule has 0 atom stereocenters. The molecule has 0 bridgehead atoms. The maximum absolute atomic E-state index is 12.1. The van der Waals surface area contributed by atoms with Gasteiger partial charge in [0.2, 0.25) is 0 Å². The molecule has 1 N–H and O–H groups in total. The summed E-state index contributed by atoms with van der Waals surface area (Å²) in [5, 5.41) is 3.26. The first-order chi connectivity index (χ1) is 8.18. The molecule has 0 unspecified atom stereocenters. The fourth-order valence-corrected chi connectivity index (χ4v) is 3.09. The summed E-state index contributed by atoms with van der Waals surface area (Å²) in [5.74, 6) is 0. The summed E-state index contributed by atoms with van der Waals surface area (Å²) in [6, 6.07) is 0. The van der Waals surface area contributed by atoms with Gasteiger partial charge in [-0.25, -0.2) is 0 Å². The van der Waals surface area contributed by atoms with E-state index in [0.717, 1.165) is 32.5 Å². The number of rotatable bonds is 12. The summed E-state index contributed by atoms with van der Waals surface area (Å²) in [6.07, 6.45) is 2.27. The van der Waals surface area contributed by atoms with Gasteiger partial charge in [0.15, 0.2) is 0 Å². The average Bonchev–Trinajstić information content (AvgIpc) is 2.28. The van der Waals surface area contributed by atoms with Gasteiger partial charge in [0, 0.05) is 13.7 Å². The van der Waals surface area contributed by atoms with E-state index in [1.807, 2.05) is 13.8 Å². The minimum absolute atomic E-state index is 0.429. The molecule has 0 saturated heterocycles. The molecule has 104 valence electrons. The topological polar surface area (TPSA) is 56.8 Å². The number of methoxy groups -OCH3 is 1. The summed E-state index contributed by atoms with van der Waals surface area (Å²) < 4.78 is 27.4. The first-order valence-electron chi connectivity index (χ1n) is 6.26. The lowest BCUT2D eigenvalue weighted by atomic mass is 10.4. The van der Waals surface area contributed by atoms with Crippen LogP contribution in [0.15, 0.2) is 0 Å². The highest BCUT2D eigenvalue weighted by Gasteiger charge is 2.22. The van der Waals surface area contributed by atoms with Crippen LogP contribution in [0.2, 0.25) is 0 Å². The van der Waals surface area contributed by atoms with Gasteiger partial charge in [-0.05, 0) is 39.8 Å². The lowest BCUT2D eigenvalue weighted by Gasteiger charge is -2.16. The van der Waals surface area contributed by atoms with Crippen LogP contribution in [0.25, 0.3) is 0 Å². The largest absolute Gasteiger partial charge is 0.385 e. The first kappa shape index (κ1) is 17.1. The van der Waals surface area contributed by atoms with Crippen molar-refractivity contribution >= 4 is 7.60 Å². The molecule has 0 saturated carbocycles. The molecule has 0 aliphatic rings. The van der Waals surface area contributed by atoms with Crippen molar-refractivity contribution < 1.29 is 18.3 Å². The van der Waals surface area contributed by atoms with Crippen LogP contribution in [0.1, 0.15) is 26.7 Å². The van der Waals surface area contributed by atoms with E-state index in [4.69, 9.17) is 13.8 Å². The van der Waals surface area contributed by atoms with Crippen LogP contribution in [0.5, 0.6) is 0 Å². The molecular weight excluding hydrogens is 241 g/mol. The van der Waals surface area contributed by atoms with E-state index in [2.05, 4.69) is 5.32 Å². The monoisotopic (exact) mass is 267 g/mol. The summed E-state index contributed by atoms with van der Waals surface area (Å²) in [4.78, 5) is 0. The average molecular weight is 267 g/mol. The third-order valence-corrected chi connectivity index (χ3v) is 4.31. The molecule has 0 aliphatic heterocycles. The Morgan fingerprint density at radius 3 is 2.18 bits per heavy atom. The van der Waals surface area contributed by atoms with Crippen molar-refractivity contribution in [3.8, 4) is 0 Å². The Morgan fingerprint density at radius 1 is 1.06 bits per heavy atom. The molecule has 0 aromatic rings. The van der Waals surface area contributed by atoms with Gasteiger partial charge in [0.25, 0.3) is 0 Å². The normalized spacial score (nSPS) is 11.9. The van der Waals surface area contributed by atoms with Crippen molar-refractivity contribution in [3.63, 3.8) is 0 Å². The van der Waals surface area contributed by atoms with Crippen LogP contribution in [0, 0.1) is 0 Å². The van der Waals surface area contributed by atoms with Crippen molar-refractivity contribution in [2.24, 2.45) is 0 Å². The van der Waals surface area contributed by atoms with Crippen molar-refractivity contribution in [2.45, 2.75) is 26.7 Å². The highest BCUT2D eigenvalue weighted by molar-refractivity contribution is 7.53. The van der Waals surface area contributed by atoms with E-state index >= 15 is 0 Å². The SMILES string of the molecule is CCOP(=O)(CCCNCCCOC)OCC. The van der Waals surface area contributed by atoms with E-state index in [0.29, 0.717) is 19.4 Å². The van der Waals surface area contributed by atoms with Crippen LogP contribution in [0.4, 0.5) is 0 Å². The fraction of sp³-hybridized carbons (Fsp3) is 1.00. The van der Waals surface area contributed by atoms with Crippen LogP contribution in [-0.4, -0.2) is 46.2 Å². The lowest BCUT2D eigenvalue weighted by Crippen LogP contribution is -2.19. The maximum Gasteiger partial charge on any atom is 0.330 e. The van der Waals surface area contributed by atoms with Gasteiger partial charge >= 0.3 is 7.60 Å². The molecule has 0 fully saturated rings. The van der Waals surface area contributed by atoms with E-state index in [9.17, 15) is 4.57 Å². The van der Waals surface area contributed by atoms with Gasteiger partial charge in [0.1, 0.15) is 0 Å². The second-order valence-corrected chi connectivity index (χ2v) is 5.81. The van der Waals surface area contributed by atoms with Crippen LogP contribution in [0.3, 0.4) is 0 Å². The van der Waals surface area contributed by atoms with Gasteiger partial charge in [0.05, 0.1) is 19.4 Å². The van der Waals surface area contributed by atoms with Gasteiger partial charge < -0.3 is 19.1 Å². The van der Waals surface area contributed by atoms with Crippen LogP contribution in [-0.2, 0) is 18.3 Å². The Morgan fingerprint density at radius 2 is 1.65 bits per heavy atom. The Bertz CT molecular complexity index is 204. The number of nitrogens with one attached hydrogen (secondary N) is 1. The zero-order valence-electron chi connectivity index (χ0n) is 11.2. The second-order valence-electron chi connectivity index (χ2n) is 3.62. The fourth-order valence-electron chi connectivity index (χ4n) is 1.42. The predicted octanol–water partition coefficient (Wildman–Crippen LogP) is 2.27. The Labute approximate surface area is 105 Å². The van der Waals surface area contributed by atoms with E-state index in [1.165, 1.54) is 0 Å². The second kappa shape index (κ2) is 11.2. The zero-order valence-corrected chi connectivity index (χ0v) is 12.1.